The molecule has 0 radical (unpaired) electrons. The van der Waals surface area contributed by atoms with Crippen molar-refractivity contribution in [3.05, 3.63) is 70.1 Å². The van der Waals surface area contributed by atoms with Crippen molar-refractivity contribution in [2.45, 2.75) is 37.8 Å². The summed E-state index contributed by atoms with van der Waals surface area (Å²) in [5.41, 5.74) is 30.7. The normalized spacial score (nSPS) is 11.3. The Balaban J connectivity index is 0.000000452. The summed E-state index contributed by atoms with van der Waals surface area (Å²) in [6, 6.07) is 7.43. The molecule has 1 heterocycles. The Labute approximate surface area is 288 Å². The molecule has 0 aliphatic rings. The van der Waals surface area contributed by atoms with E-state index in [2.05, 4.69) is 9.98 Å². The van der Waals surface area contributed by atoms with E-state index < -0.39 is 53.0 Å². The standard InChI is InChI=1S/C19H10O8.2C6H14N4O2/c20-15(18(23)24)10-3-1-9(2-4-10)13-8-27-14-7-11(16(21)19(25)26)5-6-12(14)17(13)22;2*7-4(5(11)12)2-1-3-10-6(8)9/h1-8H,(H,23,24)(H,25,26);2*4H,1-3,7H2,(H,11,12)(H4,8,9,10). The predicted molar refractivity (Wildman–Crippen MR) is 183 cm³/mol. The van der Waals surface area contributed by atoms with Crippen LogP contribution >= 0.6 is 0 Å². The number of nitrogens with two attached hydrogens (primary N) is 6. The molecular formula is C31H38N8O12. The highest BCUT2D eigenvalue weighted by molar-refractivity contribution is 6.40. The van der Waals surface area contributed by atoms with Gasteiger partial charge in [-0.1, -0.05) is 24.3 Å². The van der Waals surface area contributed by atoms with Crippen molar-refractivity contribution in [3.63, 3.8) is 0 Å². The number of carbonyl (C=O) groups is 6. The lowest BCUT2D eigenvalue weighted by Crippen LogP contribution is -2.30. The molecule has 16 N–H and O–H groups in total. The van der Waals surface area contributed by atoms with Crippen LogP contribution in [0.2, 0.25) is 0 Å². The quantitative estimate of drug-likeness (QED) is 0.0293. The van der Waals surface area contributed by atoms with Crippen LogP contribution in [0.15, 0.2) is 67.9 Å². The van der Waals surface area contributed by atoms with Crippen LogP contribution in [0.5, 0.6) is 0 Å². The van der Waals surface area contributed by atoms with E-state index in [9.17, 15) is 33.6 Å². The highest BCUT2D eigenvalue weighted by Gasteiger charge is 2.18. The largest absolute Gasteiger partial charge is 0.480 e. The van der Waals surface area contributed by atoms with Gasteiger partial charge in [-0.2, -0.15) is 0 Å². The fraction of sp³-hybridized carbons (Fsp3) is 0.258. The SMILES string of the molecule is NC(N)=NCCCC(N)C(=O)O.NC(N)=NCCCC(N)C(=O)O.O=C(O)C(=O)c1ccc(-c2coc3cc(C(=O)C(=O)O)ccc3c2=O)cc1. The lowest BCUT2D eigenvalue weighted by Gasteiger charge is -2.05. The monoisotopic (exact) mass is 714 g/mol. The molecule has 1 aromatic heterocycles. The molecule has 0 bridgehead atoms. The van der Waals surface area contributed by atoms with Crippen LogP contribution in [0.4, 0.5) is 0 Å². The van der Waals surface area contributed by atoms with Gasteiger partial charge >= 0.3 is 23.9 Å². The van der Waals surface area contributed by atoms with Crippen molar-refractivity contribution < 1.29 is 53.6 Å². The first-order valence-electron chi connectivity index (χ1n) is 14.7. The van der Waals surface area contributed by atoms with Crippen molar-refractivity contribution in [2.24, 2.45) is 44.4 Å². The molecule has 3 rings (SSSR count). The maximum atomic E-state index is 12.6. The number of Topliss-reactive ketones (excluding diaryl/α,β-unsaturated/α-hetero) is 2. The Kier molecular flexibility index (Phi) is 17.1. The van der Waals surface area contributed by atoms with Gasteiger partial charge in [0.15, 0.2) is 17.3 Å². The lowest BCUT2D eigenvalue weighted by atomic mass is 10.0. The number of carboxylic acids is 4. The van der Waals surface area contributed by atoms with Gasteiger partial charge in [-0.15, -0.1) is 0 Å². The summed E-state index contributed by atoms with van der Waals surface area (Å²) in [6.45, 7) is 0.840. The number of carboxylic acid groups (broad SMARTS) is 4. The zero-order chi connectivity index (χ0) is 38.8. The Morgan fingerprint density at radius 3 is 1.51 bits per heavy atom. The number of ketones is 2. The molecule has 2 unspecified atom stereocenters. The van der Waals surface area contributed by atoms with E-state index in [1.165, 1.54) is 42.5 Å². The summed E-state index contributed by atoms with van der Waals surface area (Å²) in [5.74, 6) is -7.37. The van der Waals surface area contributed by atoms with E-state index >= 15 is 0 Å². The third-order valence-electron chi connectivity index (χ3n) is 6.45. The van der Waals surface area contributed by atoms with E-state index in [0.29, 0.717) is 44.3 Å². The van der Waals surface area contributed by atoms with Gasteiger partial charge in [0.25, 0.3) is 11.6 Å². The summed E-state index contributed by atoms with van der Waals surface area (Å²) in [4.78, 5) is 84.8. The summed E-state index contributed by atoms with van der Waals surface area (Å²) in [5, 5.41) is 34.4. The molecule has 0 aliphatic carbocycles. The number of hydrogen-bond acceptors (Lipinski definition) is 12. The number of benzene rings is 2. The Morgan fingerprint density at radius 2 is 1.10 bits per heavy atom. The summed E-state index contributed by atoms with van der Waals surface area (Å²) >= 11 is 0. The number of fused-ring (bicyclic) bond motifs is 1. The van der Waals surface area contributed by atoms with E-state index in [0.717, 1.165) is 6.26 Å². The molecular weight excluding hydrogens is 676 g/mol. The number of hydrogen-bond donors (Lipinski definition) is 10. The lowest BCUT2D eigenvalue weighted by molar-refractivity contribution is -0.139. The van der Waals surface area contributed by atoms with Crippen LogP contribution in [0.1, 0.15) is 46.4 Å². The number of aliphatic imine (C=N–C) groups is 2. The second kappa shape index (κ2) is 20.6. The predicted octanol–water partition coefficient (Wildman–Crippen LogP) is -1.10. The maximum Gasteiger partial charge on any atom is 0.377 e. The summed E-state index contributed by atoms with van der Waals surface area (Å²) in [6.07, 6.45) is 3.06. The van der Waals surface area contributed by atoms with Gasteiger partial charge in [0.2, 0.25) is 0 Å². The molecule has 20 heteroatoms. The van der Waals surface area contributed by atoms with Crippen molar-refractivity contribution >= 4 is 58.3 Å². The molecule has 0 aliphatic heterocycles. The number of carbonyl (C=O) groups excluding carboxylic acids is 2. The van der Waals surface area contributed by atoms with Crippen LogP contribution in [0, 0.1) is 0 Å². The van der Waals surface area contributed by atoms with Crippen molar-refractivity contribution in [1.82, 2.24) is 0 Å². The molecule has 51 heavy (non-hydrogen) atoms. The van der Waals surface area contributed by atoms with Gasteiger partial charge < -0.3 is 59.2 Å². The fourth-order valence-electron chi connectivity index (χ4n) is 3.80. The van der Waals surface area contributed by atoms with Gasteiger partial charge in [0, 0.05) is 24.2 Å². The van der Waals surface area contributed by atoms with Crippen LogP contribution < -0.4 is 39.8 Å². The van der Waals surface area contributed by atoms with Crippen molar-refractivity contribution in [1.29, 1.82) is 0 Å². The molecule has 20 nitrogen and oxygen atoms in total. The van der Waals surface area contributed by atoms with Crippen LogP contribution in [-0.2, 0) is 19.2 Å². The van der Waals surface area contributed by atoms with Crippen LogP contribution in [-0.4, -0.2) is 93.0 Å². The van der Waals surface area contributed by atoms with Crippen LogP contribution in [0.3, 0.4) is 0 Å². The van der Waals surface area contributed by atoms with Crippen molar-refractivity contribution in [2.75, 3.05) is 13.1 Å². The Hall–Kier alpha value is -6.67. The number of aliphatic carboxylic acids is 4. The topological polar surface area (TPSA) is 394 Å². The molecule has 274 valence electrons. The summed E-state index contributed by atoms with van der Waals surface area (Å²) < 4.78 is 5.36. The first kappa shape index (κ1) is 42.4. The van der Waals surface area contributed by atoms with E-state index in [1.807, 2.05) is 0 Å². The van der Waals surface area contributed by atoms with E-state index in [4.69, 9.17) is 59.2 Å². The maximum absolute atomic E-state index is 12.6. The molecule has 0 fully saturated rings. The average Bonchev–Trinajstić information content (AvgIpc) is 3.08. The molecule has 3 aromatic rings. The molecule has 0 saturated carbocycles. The van der Waals surface area contributed by atoms with Crippen molar-refractivity contribution in [3.8, 4) is 11.1 Å². The second-order valence-corrected chi connectivity index (χ2v) is 10.3. The van der Waals surface area contributed by atoms with Gasteiger partial charge in [-0.05, 0) is 49.4 Å². The van der Waals surface area contributed by atoms with Gasteiger partial charge in [-0.3, -0.25) is 34.0 Å². The third-order valence-corrected chi connectivity index (χ3v) is 6.45. The Morgan fingerprint density at radius 1 is 0.667 bits per heavy atom. The highest BCUT2D eigenvalue weighted by Crippen LogP contribution is 2.21. The fourth-order valence-corrected chi connectivity index (χ4v) is 3.80. The number of nitrogens with zero attached hydrogens (tertiary/aromatic N) is 2. The zero-order valence-electron chi connectivity index (χ0n) is 26.9. The molecule has 0 amide bonds. The molecule has 0 spiro atoms. The second-order valence-electron chi connectivity index (χ2n) is 10.3. The first-order chi connectivity index (χ1) is 23.9. The van der Waals surface area contributed by atoms with Gasteiger partial charge in [-0.25, -0.2) is 9.59 Å². The molecule has 2 atom stereocenters. The summed E-state index contributed by atoms with van der Waals surface area (Å²) in [7, 11) is 0. The highest BCUT2D eigenvalue weighted by atomic mass is 16.4. The molecule has 2 aromatic carbocycles. The average molecular weight is 715 g/mol. The zero-order valence-corrected chi connectivity index (χ0v) is 26.9. The van der Waals surface area contributed by atoms with E-state index in [-0.39, 0.29) is 39.6 Å². The minimum absolute atomic E-state index is 0.0129. The first-order valence-corrected chi connectivity index (χ1v) is 14.7. The van der Waals surface area contributed by atoms with E-state index in [1.54, 1.807) is 0 Å². The van der Waals surface area contributed by atoms with Crippen LogP contribution in [0.25, 0.3) is 22.1 Å². The minimum Gasteiger partial charge on any atom is -0.480 e. The Bertz CT molecular complexity index is 1810. The smallest absolute Gasteiger partial charge is 0.377 e. The minimum atomic E-state index is -1.62. The van der Waals surface area contributed by atoms with Gasteiger partial charge in [0.05, 0.1) is 10.9 Å². The third kappa shape index (κ3) is 14.5. The molecule has 0 saturated heterocycles. The number of guanidine groups is 2. The number of rotatable bonds is 15. The van der Waals surface area contributed by atoms with Gasteiger partial charge in [0.1, 0.15) is 23.9 Å².